The number of hydrogen-bond donors (Lipinski definition) is 1. The third kappa shape index (κ3) is 2.45. The largest absolute Gasteiger partial charge is 0.327 e. The Bertz CT molecular complexity index is 325. The monoisotopic (exact) mass is 275 g/mol. The third-order valence-electron chi connectivity index (χ3n) is 7.42. The van der Waals surface area contributed by atoms with Gasteiger partial charge in [-0.1, -0.05) is 19.8 Å². The Morgan fingerprint density at radius 1 is 0.950 bits per heavy atom. The van der Waals surface area contributed by atoms with E-state index >= 15 is 0 Å². The molecule has 5 saturated carbocycles. The first kappa shape index (κ1) is 13.6. The second kappa shape index (κ2) is 5.00. The average molecular weight is 275 g/mol. The summed E-state index contributed by atoms with van der Waals surface area (Å²) in [5, 5.41) is 0. The topological polar surface area (TPSA) is 26.0 Å². The maximum absolute atomic E-state index is 6.73. The maximum Gasteiger partial charge on any atom is 0.00725 e. The van der Waals surface area contributed by atoms with E-state index in [0.717, 1.165) is 29.6 Å². The molecule has 0 heterocycles. The molecule has 0 aromatic rings. The molecule has 0 amide bonds. The minimum Gasteiger partial charge on any atom is -0.327 e. The Labute approximate surface area is 125 Å². The molecule has 0 aromatic carbocycles. The highest BCUT2D eigenvalue weighted by molar-refractivity contribution is 5.03. The van der Waals surface area contributed by atoms with Crippen molar-refractivity contribution in [3.05, 3.63) is 0 Å². The zero-order valence-corrected chi connectivity index (χ0v) is 13.3. The molecule has 5 fully saturated rings. The second-order valence-corrected chi connectivity index (χ2v) is 9.32. The second-order valence-electron chi connectivity index (χ2n) is 9.32. The lowest BCUT2D eigenvalue weighted by Crippen LogP contribution is -2.49. The van der Waals surface area contributed by atoms with E-state index < -0.39 is 0 Å². The zero-order valence-electron chi connectivity index (χ0n) is 13.3. The molecule has 3 atom stereocenters. The van der Waals surface area contributed by atoms with Crippen LogP contribution >= 0.6 is 0 Å². The van der Waals surface area contributed by atoms with Crippen molar-refractivity contribution in [3.63, 3.8) is 0 Å². The van der Waals surface area contributed by atoms with Crippen LogP contribution in [0.15, 0.2) is 0 Å². The molecule has 5 rings (SSSR count). The number of hydrogen-bond acceptors (Lipinski definition) is 1. The quantitative estimate of drug-likeness (QED) is 0.790. The SMILES string of the molecule is CC1CCCC(C(N)CC23CC4CC(CC(C4)C2)C3)C1. The lowest BCUT2D eigenvalue weighted by molar-refractivity contribution is -0.0639. The molecule has 5 aliphatic carbocycles. The van der Waals surface area contributed by atoms with Crippen molar-refractivity contribution in [2.45, 2.75) is 83.6 Å². The Balaban J connectivity index is 1.43. The van der Waals surface area contributed by atoms with Crippen LogP contribution in [0, 0.1) is 35.0 Å². The van der Waals surface area contributed by atoms with Gasteiger partial charge in [0.15, 0.2) is 0 Å². The van der Waals surface area contributed by atoms with E-state index in [1.165, 1.54) is 51.4 Å². The van der Waals surface area contributed by atoms with E-state index in [-0.39, 0.29) is 0 Å². The van der Waals surface area contributed by atoms with Gasteiger partial charge < -0.3 is 5.73 Å². The lowest BCUT2D eigenvalue weighted by atomic mass is 9.48. The predicted molar refractivity (Wildman–Crippen MR) is 84.3 cm³/mol. The van der Waals surface area contributed by atoms with Crippen molar-refractivity contribution < 1.29 is 0 Å². The van der Waals surface area contributed by atoms with Gasteiger partial charge in [-0.2, -0.15) is 0 Å². The van der Waals surface area contributed by atoms with E-state index in [2.05, 4.69) is 6.92 Å². The van der Waals surface area contributed by atoms with Gasteiger partial charge in [-0.25, -0.2) is 0 Å². The lowest BCUT2D eigenvalue weighted by Gasteiger charge is -2.58. The summed E-state index contributed by atoms with van der Waals surface area (Å²) < 4.78 is 0. The van der Waals surface area contributed by atoms with Gasteiger partial charge in [-0.05, 0) is 92.8 Å². The zero-order chi connectivity index (χ0) is 13.7. The molecule has 0 radical (unpaired) electrons. The molecule has 2 N–H and O–H groups in total. The van der Waals surface area contributed by atoms with Crippen molar-refractivity contribution in [2.75, 3.05) is 0 Å². The minimum absolute atomic E-state index is 0.508. The summed E-state index contributed by atoms with van der Waals surface area (Å²) in [6.07, 6.45) is 16.4. The summed E-state index contributed by atoms with van der Waals surface area (Å²) in [5.74, 6) is 5.01. The first-order valence-electron chi connectivity index (χ1n) is 9.37. The number of rotatable bonds is 3. The van der Waals surface area contributed by atoms with Crippen molar-refractivity contribution in [1.29, 1.82) is 0 Å². The average Bonchev–Trinajstić information content (AvgIpc) is 2.36. The molecule has 114 valence electrons. The van der Waals surface area contributed by atoms with Crippen LogP contribution < -0.4 is 5.73 Å². The van der Waals surface area contributed by atoms with Crippen LogP contribution in [0.1, 0.15) is 77.6 Å². The van der Waals surface area contributed by atoms with Crippen LogP contribution in [-0.4, -0.2) is 6.04 Å². The van der Waals surface area contributed by atoms with Crippen molar-refractivity contribution in [1.82, 2.24) is 0 Å². The Morgan fingerprint density at radius 3 is 2.10 bits per heavy atom. The molecule has 0 spiro atoms. The highest BCUT2D eigenvalue weighted by Crippen LogP contribution is 2.61. The van der Waals surface area contributed by atoms with Crippen LogP contribution in [0.25, 0.3) is 0 Å². The van der Waals surface area contributed by atoms with Crippen LogP contribution in [0.5, 0.6) is 0 Å². The van der Waals surface area contributed by atoms with Gasteiger partial charge >= 0.3 is 0 Å². The Morgan fingerprint density at radius 2 is 1.55 bits per heavy atom. The molecule has 5 aliphatic rings. The fraction of sp³-hybridized carbons (Fsp3) is 1.00. The minimum atomic E-state index is 0.508. The van der Waals surface area contributed by atoms with Gasteiger partial charge in [0.1, 0.15) is 0 Å². The molecular weight excluding hydrogens is 242 g/mol. The summed E-state index contributed by atoms with van der Waals surface area (Å²) in [4.78, 5) is 0. The van der Waals surface area contributed by atoms with Gasteiger partial charge in [0.25, 0.3) is 0 Å². The van der Waals surface area contributed by atoms with Gasteiger partial charge in [-0.3, -0.25) is 0 Å². The molecule has 1 heteroatoms. The Hall–Kier alpha value is -0.0400. The molecule has 4 bridgehead atoms. The van der Waals surface area contributed by atoms with Crippen LogP contribution in [0.4, 0.5) is 0 Å². The standard InChI is InChI=1S/C19H33N/c1-13-3-2-4-17(5-13)18(20)12-19-9-14-6-15(10-19)8-16(7-14)11-19/h13-18H,2-12,20H2,1H3. The fourth-order valence-corrected chi connectivity index (χ4v) is 7.08. The summed E-state index contributed by atoms with van der Waals surface area (Å²) in [6, 6.07) is 0.508. The van der Waals surface area contributed by atoms with E-state index in [9.17, 15) is 0 Å². The van der Waals surface area contributed by atoms with Gasteiger partial charge in [0.05, 0.1) is 0 Å². The van der Waals surface area contributed by atoms with Crippen molar-refractivity contribution in [3.8, 4) is 0 Å². The first-order valence-corrected chi connectivity index (χ1v) is 9.37. The highest BCUT2D eigenvalue weighted by Gasteiger charge is 2.51. The predicted octanol–water partition coefficient (Wildman–Crippen LogP) is 4.75. The first-order chi connectivity index (χ1) is 9.62. The molecule has 0 aliphatic heterocycles. The van der Waals surface area contributed by atoms with Crippen molar-refractivity contribution in [2.24, 2.45) is 40.7 Å². The van der Waals surface area contributed by atoms with Crippen LogP contribution in [0.2, 0.25) is 0 Å². The molecule has 0 aromatic heterocycles. The molecule has 20 heavy (non-hydrogen) atoms. The van der Waals surface area contributed by atoms with Gasteiger partial charge in [0.2, 0.25) is 0 Å². The smallest absolute Gasteiger partial charge is 0.00725 e. The molecule has 0 saturated heterocycles. The normalized spacial score (nSPS) is 52.2. The van der Waals surface area contributed by atoms with Crippen molar-refractivity contribution >= 4 is 0 Å². The van der Waals surface area contributed by atoms with Gasteiger partial charge in [-0.15, -0.1) is 0 Å². The summed E-state index contributed by atoms with van der Waals surface area (Å²) >= 11 is 0. The maximum atomic E-state index is 6.73. The summed E-state index contributed by atoms with van der Waals surface area (Å²) in [5.41, 5.74) is 7.42. The summed E-state index contributed by atoms with van der Waals surface area (Å²) in [6.45, 7) is 2.43. The van der Waals surface area contributed by atoms with E-state index in [1.54, 1.807) is 19.3 Å². The van der Waals surface area contributed by atoms with E-state index in [1.807, 2.05) is 0 Å². The molecule has 3 unspecified atom stereocenters. The number of nitrogens with two attached hydrogens (primary N) is 1. The summed E-state index contributed by atoms with van der Waals surface area (Å²) in [7, 11) is 0. The third-order valence-corrected chi connectivity index (χ3v) is 7.42. The fourth-order valence-electron chi connectivity index (χ4n) is 7.08. The van der Waals surface area contributed by atoms with Crippen LogP contribution in [0.3, 0.4) is 0 Å². The van der Waals surface area contributed by atoms with Gasteiger partial charge in [0, 0.05) is 6.04 Å². The highest BCUT2D eigenvalue weighted by atomic mass is 14.7. The van der Waals surface area contributed by atoms with E-state index in [0.29, 0.717) is 11.5 Å². The Kier molecular flexibility index (Phi) is 3.41. The van der Waals surface area contributed by atoms with E-state index in [4.69, 9.17) is 5.73 Å². The molecular formula is C19H33N. The molecule has 1 nitrogen and oxygen atoms in total. The van der Waals surface area contributed by atoms with Crippen LogP contribution in [-0.2, 0) is 0 Å².